The Morgan fingerprint density at radius 2 is 2.05 bits per heavy atom. The Hall–Kier alpha value is -2.14. The molecule has 5 heteroatoms. The Morgan fingerprint density at radius 1 is 1.14 bits per heavy atom. The second-order valence-electron chi connectivity index (χ2n) is 5.28. The number of nitrogens with zero attached hydrogens (tertiary/aromatic N) is 3. The molecule has 4 rings (SSSR count). The number of para-hydroxylation sites is 1. The monoisotopic (exact) mass is 296 g/mol. The predicted octanol–water partition coefficient (Wildman–Crippen LogP) is 3.38. The van der Waals surface area contributed by atoms with Crippen LogP contribution in [0.4, 0.5) is 11.5 Å². The van der Waals surface area contributed by atoms with Crippen molar-refractivity contribution in [2.45, 2.75) is 12.5 Å². The number of benzene rings is 1. The SMILES string of the molecule is c1ccc(NC2CCN(c3ncnc4sccc34)C2)cc1. The highest BCUT2D eigenvalue weighted by Gasteiger charge is 2.24. The first-order chi connectivity index (χ1) is 10.4. The predicted molar refractivity (Wildman–Crippen MR) is 88.1 cm³/mol. The normalized spacial score (nSPS) is 18.3. The fraction of sp³-hybridized carbons (Fsp3) is 0.250. The molecule has 4 nitrogen and oxygen atoms in total. The van der Waals surface area contributed by atoms with Gasteiger partial charge in [0, 0.05) is 24.8 Å². The van der Waals surface area contributed by atoms with Gasteiger partial charge in [0.1, 0.15) is 17.0 Å². The second kappa shape index (κ2) is 5.33. The minimum absolute atomic E-state index is 0.469. The first-order valence-corrected chi connectivity index (χ1v) is 8.03. The van der Waals surface area contributed by atoms with Gasteiger partial charge in [0.2, 0.25) is 0 Å². The molecule has 1 saturated heterocycles. The molecule has 0 spiro atoms. The van der Waals surface area contributed by atoms with Gasteiger partial charge in [-0.05, 0) is 30.0 Å². The molecule has 0 bridgehead atoms. The van der Waals surface area contributed by atoms with Crippen LogP contribution in [0.3, 0.4) is 0 Å². The molecular formula is C16H16N4S. The number of hydrogen-bond acceptors (Lipinski definition) is 5. The second-order valence-corrected chi connectivity index (χ2v) is 6.17. The number of rotatable bonds is 3. The highest BCUT2D eigenvalue weighted by Crippen LogP contribution is 2.29. The first-order valence-electron chi connectivity index (χ1n) is 7.15. The van der Waals surface area contributed by atoms with Crippen molar-refractivity contribution in [2.75, 3.05) is 23.3 Å². The van der Waals surface area contributed by atoms with E-state index in [2.05, 4.69) is 55.9 Å². The Morgan fingerprint density at radius 3 is 2.95 bits per heavy atom. The van der Waals surface area contributed by atoms with Crippen molar-refractivity contribution in [3.05, 3.63) is 48.1 Å². The van der Waals surface area contributed by atoms with Gasteiger partial charge in [-0.2, -0.15) is 0 Å². The van der Waals surface area contributed by atoms with Crippen molar-refractivity contribution in [3.63, 3.8) is 0 Å². The van der Waals surface area contributed by atoms with Crippen LogP contribution in [0.5, 0.6) is 0 Å². The Balaban J connectivity index is 1.52. The van der Waals surface area contributed by atoms with Crippen LogP contribution in [0.2, 0.25) is 0 Å². The minimum atomic E-state index is 0.469. The van der Waals surface area contributed by atoms with E-state index in [0.29, 0.717) is 6.04 Å². The summed E-state index contributed by atoms with van der Waals surface area (Å²) in [5, 5.41) is 6.85. The average molecular weight is 296 g/mol. The minimum Gasteiger partial charge on any atom is -0.380 e. The van der Waals surface area contributed by atoms with Crippen LogP contribution in [0.1, 0.15) is 6.42 Å². The molecule has 3 aromatic rings. The van der Waals surface area contributed by atoms with Crippen molar-refractivity contribution >= 4 is 33.1 Å². The van der Waals surface area contributed by atoms with Crippen LogP contribution in [-0.2, 0) is 0 Å². The van der Waals surface area contributed by atoms with E-state index >= 15 is 0 Å². The summed E-state index contributed by atoms with van der Waals surface area (Å²) in [6, 6.07) is 13.0. The van der Waals surface area contributed by atoms with Gasteiger partial charge in [0.05, 0.1) is 5.39 Å². The smallest absolute Gasteiger partial charge is 0.140 e. The number of hydrogen-bond donors (Lipinski definition) is 1. The molecule has 0 aliphatic carbocycles. The molecule has 2 aromatic heterocycles. The highest BCUT2D eigenvalue weighted by molar-refractivity contribution is 7.16. The van der Waals surface area contributed by atoms with E-state index < -0.39 is 0 Å². The van der Waals surface area contributed by atoms with Crippen molar-refractivity contribution in [1.29, 1.82) is 0 Å². The number of anilines is 2. The molecule has 1 fully saturated rings. The quantitative estimate of drug-likeness (QED) is 0.804. The Labute approximate surface area is 127 Å². The van der Waals surface area contributed by atoms with Gasteiger partial charge in [-0.3, -0.25) is 0 Å². The summed E-state index contributed by atoms with van der Waals surface area (Å²) >= 11 is 1.67. The fourth-order valence-corrected chi connectivity index (χ4v) is 3.60. The van der Waals surface area contributed by atoms with E-state index in [1.54, 1.807) is 17.7 Å². The van der Waals surface area contributed by atoms with E-state index in [1.807, 2.05) is 6.07 Å². The van der Waals surface area contributed by atoms with Gasteiger partial charge in [0.25, 0.3) is 0 Å². The van der Waals surface area contributed by atoms with Crippen LogP contribution in [0.25, 0.3) is 10.2 Å². The summed E-state index contributed by atoms with van der Waals surface area (Å²) in [7, 11) is 0. The molecule has 1 aliphatic rings. The molecule has 0 saturated carbocycles. The molecule has 1 aromatic carbocycles. The van der Waals surface area contributed by atoms with E-state index in [1.165, 1.54) is 11.1 Å². The Bertz CT molecular complexity index is 740. The zero-order valence-electron chi connectivity index (χ0n) is 11.6. The molecule has 3 heterocycles. The topological polar surface area (TPSA) is 41.0 Å². The standard InChI is InChI=1S/C16H16N4S/c1-2-4-12(5-3-1)19-13-6-8-20(10-13)15-14-7-9-21-16(14)18-11-17-15/h1-5,7,9,11,13,19H,6,8,10H2. The highest BCUT2D eigenvalue weighted by atomic mass is 32.1. The van der Waals surface area contributed by atoms with Gasteiger partial charge in [-0.1, -0.05) is 18.2 Å². The van der Waals surface area contributed by atoms with Gasteiger partial charge >= 0.3 is 0 Å². The molecule has 1 unspecified atom stereocenters. The van der Waals surface area contributed by atoms with Gasteiger partial charge in [-0.15, -0.1) is 11.3 Å². The van der Waals surface area contributed by atoms with E-state index in [9.17, 15) is 0 Å². The van der Waals surface area contributed by atoms with Gasteiger partial charge < -0.3 is 10.2 Å². The van der Waals surface area contributed by atoms with Crippen LogP contribution < -0.4 is 10.2 Å². The van der Waals surface area contributed by atoms with Crippen molar-refractivity contribution < 1.29 is 0 Å². The zero-order valence-corrected chi connectivity index (χ0v) is 12.4. The van der Waals surface area contributed by atoms with Gasteiger partial charge in [-0.25, -0.2) is 9.97 Å². The van der Waals surface area contributed by atoms with Crippen molar-refractivity contribution in [3.8, 4) is 0 Å². The fourth-order valence-electron chi connectivity index (χ4n) is 2.87. The third-order valence-electron chi connectivity index (χ3n) is 3.87. The lowest BCUT2D eigenvalue weighted by Crippen LogP contribution is -2.26. The number of fused-ring (bicyclic) bond motifs is 1. The van der Waals surface area contributed by atoms with Crippen molar-refractivity contribution in [1.82, 2.24) is 9.97 Å². The van der Waals surface area contributed by atoms with Crippen LogP contribution in [-0.4, -0.2) is 29.1 Å². The summed E-state index contributed by atoms with van der Waals surface area (Å²) in [4.78, 5) is 12.2. The molecular weight excluding hydrogens is 280 g/mol. The number of aromatic nitrogens is 2. The maximum atomic E-state index is 4.50. The largest absolute Gasteiger partial charge is 0.380 e. The summed E-state index contributed by atoms with van der Waals surface area (Å²) in [5.41, 5.74) is 1.19. The summed E-state index contributed by atoms with van der Waals surface area (Å²) in [5.74, 6) is 1.07. The molecule has 106 valence electrons. The lowest BCUT2D eigenvalue weighted by molar-refractivity contribution is 0.806. The third-order valence-corrected chi connectivity index (χ3v) is 4.69. The molecule has 21 heavy (non-hydrogen) atoms. The lowest BCUT2D eigenvalue weighted by atomic mass is 10.2. The first kappa shape index (κ1) is 12.6. The number of nitrogens with one attached hydrogen (secondary N) is 1. The molecule has 1 atom stereocenters. The summed E-state index contributed by atoms with van der Waals surface area (Å²) in [6.45, 7) is 2.02. The van der Waals surface area contributed by atoms with Crippen LogP contribution >= 0.6 is 11.3 Å². The molecule has 0 amide bonds. The number of thiophene rings is 1. The average Bonchev–Trinajstić information content (AvgIpc) is 3.16. The van der Waals surface area contributed by atoms with E-state index in [0.717, 1.165) is 30.2 Å². The Kier molecular flexibility index (Phi) is 3.20. The van der Waals surface area contributed by atoms with Gasteiger partial charge in [0.15, 0.2) is 0 Å². The van der Waals surface area contributed by atoms with E-state index in [-0.39, 0.29) is 0 Å². The zero-order chi connectivity index (χ0) is 14.1. The lowest BCUT2D eigenvalue weighted by Gasteiger charge is -2.19. The maximum Gasteiger partial charge on any atom is 0.140 e. The molecule has 0 radical (unpaired) electrons. The van der Waals surface area contributed by atoms with Crippen LogP contribution in [0.15, 0.2) is 48.1 Å². The summed E-state index contributed by atoms with van der Waals surface area (Å²) < 4.78 is 0. The van der Waals surface area contributed by atoms with E-state index in [4.69, 9.17) is 0 Å². The third kappa shape index (κ3) is 2.45. The molecule has 1 N–H and O–H groups in total. The maximum absolute atomic E-state index is 4.50. The van der Waals surface area contributed by atoms with Crippen molar-refractivity contribution in [2.24, 2.45) is 0 Å². The summed E-state index contributed by atoms with van der Waals surface area (Å²) in [6.07, 6.45) is 2.80. The van der Waals surface area contributed by atoms with Crippen LogP contribution in [0, 0.1) is 0 Å². The molecule has 1 aliphatic heterocycles.